The summed E-state index contributed by atoms with van der Waals surface area (Å²) in [6.45, 7) is 5.30. The van der Waals surface area contributed by atoms with Crippen LogP contribution in [0.5, 0.6) is 0 Å². The van der Waals surface area contributed by atoms with E-state index >= 15 is 0 Å². The highest BCUT2D eigenvalue weighted by Crippen LogP contribution is 2.17. The molecule has 1 aliphatic rings. The van der Waals surface area contributed by atoms with E-state index in [1.807, 2.05) is 0 Å². The summed E-state index contributed by atoms with van der Waals surface area (Å²) in [7, 11) is -2.71. The molecule has 1 rings (SSSR count). The van der Waals surface area contributed by atoms with Gasteiger partial charge in [-0.25, -0.2) is 8.42 Å². The van der Waals surface area contributed by atoms with Crippen LogP contribution in [0.25, 0.3) is 0 Å². The minimum Gasteiger partial charge on any atom is -0.314 e. The van der Waals surface area contributed by atoms with Crippen molar-refractivity contribution >= 4 is 9.84 Å². The Balaban J connectivity index is 2.06. The fourth-order valence-corrected chi connectivity index (χ4v) is 4.24. The van der Waals surface area contributed by atoms with Gasteiger partial charge in [0, 0.05) is 6.04 Å². The van der Waals surface area contributed by atoms with Gasteiger partial charge in [0.2, 0.25) is 0 Å². The molecule has 0 spiro atoms. The minimum atomic E-state index is -2.71. The zero-order valence-corrected chi connectivity index (χ0v) is 12.1. The van der Waals surface area contributed by atoms with E-state index < -0.39 is 9.84 Å². The largest absolute Gasteiger partial charge is 0.314 e. The Kier molecular flexibility index (Phi) is 6.49. The summed E-state index contributed by atoms with van der Waals surface area (Å²) in [5.74, 6) is 1.13. The molecule has 2 unspecified atom stereocenters. The third-order valence-corrected chi connectivity index (χ3v) is 5.41. The summed E-state index contributed by atoms with van der Waals surface area (Å²) < 4.78 is 22.6. The van der Waals surface area contributed by atoms with Crippen molar-refractivity contribution in [2.75, 3.05) is 18.1 Å². The molecule has 17 heavy (non-hydrogen) atoms. The van der Waals surface area contributed by atoms with Crippen molar-refractivity contribution in [1.29, 1.82) is 0 Å². The summed E-state index contributed by atoms with van der Waals surface area (Å²) in [6, 6.07) is 0.523. The average Bonchev–Trinajstić information content (AvgIpc) is 2.62. The van der Waals surface area contributed by atoms with Crippen molar-refractivity contribution in [2.24, 2.45) is 5.92 Å². The molecular formula is C13H27NO2S. The average molecular weight is 261 g/mol. The van der Waals surface area contributed by atoms with Gasteiger partial charge in [0.25, 0.3) is 0 Å². The second-order valence-electron chi connectivity index (χ2n) is 5.43. The zero-order chi connectivity index (χ0) is 12.7. The molecule has 1 fully saturated rings. The van der Waals surface area contributed by atoms with Gasteiger partial charge in [0.1, 0.15) is 0 Å². The second kappa shape index (κ2) is 7.37. The Morgan fingerprint density at radius 3 is 2.65 bits per heavy atom. The molecule has 4 heteroatoms. The highest BCUT2D eigenvalue weighted by atomic mass is 32.2. The number of unbranched alkanes of at least 4 members (excludes halogenated alkanes) is 3. The van der Waals surface area contributed by atoms with Crippen LogP contribution in [0.3, 0.4) is 0 Å². The van der Waals surface area contributed by atoms with Gasteiger partial charge in [-0.05, 0) is 32.2 Å². The normalized spacial score (nSPS) is 24.9. The van der Waals surface area contributed by atoms with Crippen molar-refractivity contribution < 1.29 is 8.42 Å². The number of hydrogen-bond acceptors (Lipinski definition) is 3. The van der Waals surface area contributed by atoms with Gasteiger partial charge in [-0.1, -0.05) is 32.6 Å². The predicted octanol–water partition coefficient (Wildman–Crippen LogP) is 2.37. The summed E-state index contributed by atoms with van der Waals surface area (Å²) in [6.07, 6.45) is 7.26. The molecule has 0 aromatic heterocycles. The Labute approximate surface area is 106 Å². The number of hydrogen-bond donors (Lipinski definition) is 1. The van der Waals surface area contributed by atoms with Crippen molar-refractivity contribution in [1.82, 2.24) is 5.32 Å². The number of nitrogens with one attached hydrogen (secondary N) is 1. The Bertz CT molecular complexity index is 301. The molecule has 1 saturated heterocycles. The highest BCUT2D eigenvalue weighted by Gasteiger charge is 2.27. The fourth-order valence-electron chi connectivity index (χ4n) is 2.38. The number of sulfone groups is 1. The van der Waals surface area contributed by atoms with Crippen molar-refractivity contribution in [3.8, 4) is 0 Å². The molecule has 0 aromatic rings. The third-order valence-electron chi connectivity index (χ3n) is 3.57. The fraction of sp³-hybridized carbons (Fsp3) is 1.00. The lowest BCUT2D eigenvalue weighted by Gasteiger charge is -2.16. The molecule has 0 saturated carbocycles. The van der Waals surface area contributed by atoms with E-state index in [0.717, 1.165) is 13.0 Å². The van der Waals surface area contributed by atoms with Crippen LogP contribution in [0.15, 0.2) is 0 Å². The smallest absolute Gasteiger partial charge is 0.150 e. The lowest BCUT2D eigenvalue weighted by Crippen LogP contribution is -2.31. The lowest BCUT2D eigenvalue weighted by molar-refractivity contribution is 0.436. The van der Waals surface area contributed by atoms with Crippen molar-refractivity contribution in [3.05, 3.63) is 0 Å². The Morgan fingerprint density at radius 1 is 1.29 bits per heavy atom. The SMILES string of the molecule is CCCCCCC(C)NCC1CCS(=O)(=O)C1. The number of rotatable bonds is 8. The summed E-state index contributed by atoms with van der Waals surface area (Å²) in [4.78, 5) is 0. The van der Waals surface area contributed by atoms with Gasteiger partial charge in [-0.15, -0.1) is 0 Å². The highest BCUT2D eigenvalue weighted by molar-refractivity contribution is 7.91. The lowest BCUT2D eigenvalue weighted by atomic mass is 10.1. The quantitative estimate of drug-likeness (QED) is 0.682. The summed E-state index contributed by atoms with van der Waals surface area (Å²) in [5.41, 5.74) is 0. The van der Waals surface area contributed by atoms with Crippen LogP contribution in [0.2, 0.25) is 0 Å². The van der Waals surface area contributed by atoms with E-state index in [4.69, 9.17) is 0 Å². The monoisotopic (exact) mass is 261 g/mol. The Hall–Kier alpha value is -0.0900. The van der Waals surface area contributed by atoms with Crippen LogP contribution in [0.4, 0.5) is 0 Å². The first-order valence-electron chi connectivity index (χ1n) is 6.97. The predicted molar refractivity (Wildman–Crippen MR) is 73.0 cm³/mol. The van der Waals surface area contributed by atoms with Gasteiger partial charge < -0.3 is 5.32 Å². The van der Waals surface area contributed by atoms with Crippen molar-refractivity contribution in [2.45, 2.75) is 58.4 Å². The second-order valence-corrected chi connectivity index (χ2v) is 7.66. The molecule has 0 aromatic carbocycles. The molecule has 2 atom stereocenters. The van der Waals surface area contributed by atoms with Gasteiger partial charge in [0.15, 0.2) is 9.84 Å². The first-order valence-corrected chi connectivity index (χ1v) is 8.79. The summed E-state index contributed by atoms with van der Waals surface area (Å²) >= 11 is 0. The molecular weight excluding hydrogens is 234 g/mol. The van der Waals surface area contributed by atoms with Crippen LogP contribution < -0.4 is 5.32 Å². The standard InChI is InChI=1S/C13H27NO2S/c1-3-4-5-6-7-12(2)14-10-13-8-9-17(15,16)11-13/h12-14H,3-11H2,1-2H3. The van der Waals surface area contributed by atoms with Crippen molar-refractivity contribution in [3.63, 3.8) is 0 Å². The van der Waals surface area contributed by atoms with E-state index in [1.54, 1.807) is 0 Å². The van der Waals surface area contributed by atoms with E-state index in [-0.39, 0.29) is 0 Å². The van der Waals surface area contributed by atoms with E-state index in [9.17, 15) is 8.42 Å². The molecule has 0 aliphatic carbocycles. The van der Waals surface area contributed by atoms with Crippen LogP contribution in [0, 0.1) is 5.92 Å². The van der Waals surface area contributed by atoms with E-state index in [1.165, 1.54) is 32.1 Å². The maximum absolute atomic E-state index is 11.3. The molecule has 0 bridgehead atoms. The third kappa shape index (κ3) is 6.41. The van der Waals surface area contributed by atoms with Gasteiger partial charge >= 0.3 is 0 Å². The van der Waals surface area contributed by atoms with Gasteiger partial charge in [-0.3, -0.25) is 0 Å². The minimum absolute atomic E-state index is 0.345. The molecule has 1 heterocycles. The molecule has 102 valence electrons. The Morgan fingerprint density at radius 2 is 2.06 bits per heavy atom. The maximum atomic E-state index is 11.3. The zero-order valence-electron chi connectivity index (χ0n) is 11.2. The van der Waals surface area contributed by atoms with E-state index in [0.29, 0.717) is 23.5 Å². The first kappa shape index (κ1) is 15.0. The first-order chi connectivity index (χ1) is 8.03. The van der Waals surface area contributed by atoms with Gasteiger partial charge in [-0.2, -0.15) is 0 Å². The molecule has 0 amide bonds. The summed E-state index contributed by atoms with van der Waals surface area (Å²) in [5, 5.41) is 3.47. The molecule has 1 N–H and O–H groups in total. The van der Waals surface area contributed by atoms with Crippen LogP contribution >= 0.6 is 0 Å². The van der Waals surface area contributed by atoms with E-state index in [2.05, 4.69) is 19.2 Å². The molecule has 1 aliphatic heterocycles. The molecule has 3 nitrogen and oxygen atoms in total. The maximum Gasteiger partial charge on any atom is 0.150 e. The van der Waals surface area contributed by atoms with Crippen LogP contribution in [0.1, 0.15) is 52.4 Å². The van der Waals surface area contributed by atoms with Crippen LogP contribution in [-0.4, -0.2) is 32.5 Å². The van der Waals surface area contributed by atoms with Crippen LogP contribution in [-0.2, 0) is 9.84 Å². The molecule has 0 radical (unpaired) electrons. The van der Waals surface area contributed by atoms with Gasteiger partial charge in [0.05, 0.1) is 11.5 Å². The topological polar surface area (TPSA) is 46.2 Å².